The highest BCUT2D eigenvalue weighted by molar-refractivity contribution is 6.55. The van der Waals surface area contributed by atoms with Crippen LogP contribution >= 0.6 is 0 Å². The predicted molar refractivity (Wildman–Crippen MR) is 99.2 cm³/mol. The molecule has 1 saturated heterocycles. The number of carbonyl (C=O) groups is 1. The largest absolute Gasteiger partial charge is 0.491 e. The number of carbonyl (C=O) groups excluding carboxylic acids is 1. The summed E-state index contributed by atoms with van der Waals surface area (Å²) in [5.74, 6) is 0.0787. The van der Waals surface area contributed by atoms with E-state index in [2.05, 4.69) is 39.1 Å². The molecule has 1 aromatic carbocycles. The fourth-order valence-electron chi connectivity index (χ4n) is 2.66. The number of Topliss-reactive ketones (excluding diaryl/α,β-unsaturated/α-hetero) is 1. The zero-order chi connectivity index (χ0) is 18.1. The van der Waals surface area contributed by atoms with Gasteiger partial charge in [-0.25, -0.2) is 0 Å². The molecule has 2 rings (SSSR count). The number of nitrogens with one attached hydrogen (secondary N) is 1. The zero-order valence-electron chi connectivity index (χ0n) is 15.8. The van der Waals surface area contributed by atoms with Crippen LogP contribution in [-0.4, -0.2) is 37.7 Å². The van der Waals surface area contributed by atoms with E-state index < -0.39 is 0 Å². The zero-order valence-corrected chi connectivity index (χ0v) is 15.8. The molecule has 0 aromatic heterocycles. The standard InChI is InChI=1S/C19H28BNO3/c1-13-10-16(14(2)22)9-8-15(13)11-17(12-21-7)20-23-18(3,4)19(5,6)24-20/h8-11,21H,12H2,1-7H3. The van der Waals surface area contributed by atoms with Gasteiger partial charge < -0.3 is 14.6 Å². The Morgan fingerprint density at radius 3 is 2.25 bits per heavy atom. The van der Waals surface area contributed by atoms with E-state index in [0.29, 0.717) is 6.54 Å². The van der Waals surface area contributed by atoms with Crippen molar-refractivity contribution in [3.63, 3.8) is 0 Å². The molecule has 5 heteroatoms. The average molecular weight is 329 g/mol. The summed E-state index contributed by atoms with van der Waals surface area (Å²) in [5, 5.41) is 3.19. The van der Waals surface area contributed by atoms with Crippen LogP contribution in [0.3, 0.4) is 0 Å². The molecule has 1 aliphatic rings. The minimum atomic E-state index is -0.380. The van der Waals surface area contributed by atoms with E-state index in [9.17, 15) is 4.79 Å². The summed E-state index contributed by atoms with van der Waals surface area (Å²) in [7, 11) is 1.53. The van der Waals surface area contributed by atoms with Crippen molar-refractivity contribution in [2.24, 2.45) is 0 Å². The summed E-state index contributed by atoms with van der Waals surface area (Å²) in [5.41, 5.74) is 3.17. The molecular weight excluding hydrogens is 301 g/mol. The van der Waals surface area contributed by atoms with Gasteiger partial charge in [0.1, 0.15) is 0 Å². The molecule has 0 atom stereocenters. The van der Waals surface area contributed by atoms with E-state index in [1.165, 1.54) is 0 Å². The quantitative estimate of drug-likeness (QED) is 0.664. The Labute approximate surface area is 145 Å². The number of hydrogen-bond donors (Lipinski definition) is 1. The summed E-state index contributed by atoms with van der Waals surface area (Å²) in [6.45, 7) is 12.5. The van der Waals surface area contributed by atoms with Crippen molar-refractivity contribution >= 4 is 19.0 Å². The number of hydrogen-bond acceptors (Lipinski definition) is 4. The molecule has 24 heavy (non-hydrogen) atoms. The number of likely N-dealkylation sites (N-methyl/N-ethyl adjacent to an activating group) is 1. The van der Waals surface area contributed by atoms with Gasteiger partial charge in [-0.15, -0.1) is 0 Å². The van der Waals surface area contributed by atoms with Gasteiger partial charge in [0.05, 0.1) is 11.2 Å². The smallest absolute Gasteiger partial charge is 0.400 e. The maximum absolute atomic E-state index is 11.5. The first-order chi connectivity index (χ1) is 11.1. The summed E-state index contributed by atoms with van der Waals surface area (Å²) in [6.07, 6.45) is 2.10. The van der Waals surface area contributed by atoms with Crippen molar-refractivity contribution in [2.45, 2.75) is 52.7 Å². The molecule has 0 radical (unpaired) electrons. The lowest BCUT2D eigenvalue weighted by Gasteiger charge is -2.32. The third kappa shape index (κ3) is 3.80. The lowest BCUT2D eigenvalue weighted by Crippen LogP contribution is -2.41. The second-order valence-electron chi connectivity index (χ2n) is 7.47. The molecule has 0 aliphatic carbocycles. The van der Waals surface area contributed by atoms with E-state index >= 15 is 0 Å². The van der Waals surface area contributed by atoms with Gasteiger partial charge in [-0.3, -0.25) is 4.79 Å². The van der Waals surface area contributed by atoms with E-state index in [-0.39, 0.29) is 24.1 Å². The van der Waals surface area contributed by atoms with Crippen molar-refractivity contribution in [1.82, 2.24) is 5.32 Å². The second-order valence-corrected chi connectivity index (χ2v) is 7.47. The summed E-state index contributed by atoms with van der Waals surface area (Å²) >= 11 is 0. The molecular formula is C19H28BNO3. The van der Waals surface area contributed by atoms with Gasteiger partial charge in [0, 0.05) is 12.1 Å². The monoisotopic (exact) mass is 329 g/mol. The van der Waals surface area contributed by atoms with Crippen LogP contribution in [0.1, 0.15) is 56.1 Å². The lowest BCUT2D eigenvalue weighted by molar-refractivity contribution is 0.00578. The van der Waals surface area contributed by atoms with Gasteiger partial charge in [-0.1, -0.05) is 18.2 Å². The molecule has 1 heterocycles. The summed E-state index contributed by atoms with van der Waals surface area (Å²) < 4.78 is 12.3. The van der Waals surface area contributed by atoms with Gasteiger partial charge >= 0.3 is 7.12 Å². The fraction of sp³-hybridized carbons (Fsp3) is 0.526. The van der Waals surface area contributed by atoms with E-state index in [1.807, 2.05) is 32.2 Å². The minimum Gasteiger partial charge on any atom is -0.400 e. The van der Waals surface area contributed by atoms with Gasteiger partial charge in [0.15, 0.2) is 5.78 Å². The predicted octanol–water partition coefficient (Wildman–Crippen LogP) is 3.43. The molecule has 0 spiro atoms. The summed E-state index contributed by atoms with van der Waals surface area (Å²) in [6, 6.07) is 5.77. The van der Waals surface area contributed by atoms with Crippen molar-refractivity contribution < 1.29 is 14.1 Å². The normalized spacial score (nSPS) is 19.6. The molecule has 1 aromatic rings. The van der Waals surface area contributed by atoms with Crippen molar-refractivity contribution in [3.8, 4) is 0 Å². The van der Waals surface area contributed by atoms with E-state index in [0.717, 1.165) is 22.2 Å². The number of ketones is 1. The molecule has 0 bridgehead atoms. The molecule has 1 fully saturated rings. The van der Waals surface area contributed by atoms with E-state index in [1.54, 1.807) is 6.92 Å². The Hall–Kier alpha value is -1.43. The fourth-order valence-corrected chi connectivity index (χ4v) is 2.66. The second kappa shape index (κ2) is 6.83. The molecule has 0 amide bonds. The average Bonchev–Trinajstić information content (AvgIpc) is 2.68. The third-order valence-corrected chi connectivity index (χ3v) is 4.95. The molecule has 0 unspecified atom stereocenters. The van der Waals surface area contributed by atoms with Gasteiger partial charge in [-0.05, 0) is 71.3 Å². The van der Waals surface area contributed by atoms with Crippen LogP contribution in [0.2, 0.25) is 0 Å². The molecule has 130 valence electrons. The van der Waals surface area contributed by atoms with Gasteiger partial charge in [0.2, 0.25) is 0 Å². The molecule has 1 aliphatic heterocycles. The Balaban J connectivity index is 2.35. The Morgan fingerprint density at radius 2 is 1.79 bits per heavy atom. The molecule has 0 saturated carbocycles. The van der Waals surface area contributed by atoms with Crippen molar-refractivity contribution in [2.75, 3.05) is 13.6 Å². The van der Waals surface area contributed by atoms with Crippen LogP contribution in [0.4, 0.5) is 0 Å². The highest BCUT2D eigenvalue weighted by Crippen LogP contribution is 2.38. The van der Waals surface area contributed by atoms with Gasteiger partial charge in [0.25, 0.3) is 0 Å². The lowest BCUT2D eigenvalue weighted by atomic mass is 9.76. The van der Waals surface area contributed by atoms with Crippen molar-refractivity contribution in [1.29, 1.82) is 0 Å². The van der Waals surface area contributed by atoms with Crippen molar-refractivity contribution in [3.05, 3.63) is 40.4 Å². The first-order valence-electron chi connectivity index (χ1n) is 8.39. The number of benzene rings is 1. The number of aryl methyl sites for hydroxylation is 1. The first-order valence-corrected chi connectivity index (χ1v) is 8.39. The van der Waals surface area contributed by atoms with Crippen LogP contribution in [0.15, 0.2) is 23.7 Å². The third-order valence-electron chi connectivity index (χ3n) is 4.95. The van der Waals surface area contributed by atoms with Crippen LogP contribution in [0, 0.1) is 6.92 Å². The summed E-state index contributed by atoms with van der Waals surface area (Å²) in [4.78, 5) is 11.5. The maximum Gasteiger partial charge on any atom is 0.491 e. The first kappa shape index (κ1) is 18.9. The van der Waals surface area contributed by atoms with Crippen LogP contribution in [-0.2, 0) is 9.31 Å². The Kier molecular flexibility index (Phi) is 5.38. The van der Waals surface area contributed by atoms with Gasteiger partial charge in [-0.2, -0.15) is 0 Å². The highest BCUT2D eigenvalue weighted by atomic mass is 16.7. The molecule has 4 nitrogen and oxygen atoms in total. The SMILES string of the molecule is CNCC(=Cc1ccc(C(C)=O)cc1C)B1OC(C)(C)C(C)(C)O1. The van der Waals surface area contributed by atoms with Crippen LogP contribution in [0.25, 0.3) is 6.08 Å². The van der Waals surface area contributed by atoms with Crippen LogP contribution in [0.5, 0.6) is 0 Å². The van der Waals surface area contributed by atoms with Crippen LogP contribution < -0.4 is 5.32 Å². The Morgan fingerprint density at radius 1 is 1.21 bits per heavy atom. The highest BCUT2D eigenvalue weighted by Gasteiger charge is 2.52. The topological polar surface area (TPSA) is 47.6 Å². The minimum absolute atomic E-state index is 0.0787. The van der Waals surface area contributed by atoms with E-state index in [4.69, 9.17) is 9.31 Å². The maximum atomic E-state index is 11.5. The molecule has 1 N–H and O–H groups in total. The Bertz CT molecular complexity index is 649. The number of rotatable bonds is 5.